The Kier molecular flexibility index (Phi) is 7.17. The number of rotatable bonds is 8. The third kappa shape index (κ3) is 5.87. The Bertz CT molecular complexity index is 1440. The fourth-order valence-electron chi connectivity index (χ4n) is 3.93. The van der Waals surface area contributed by atoms with Crippen LogP contribution in [0.25, 0.3) is 10.8 Å². The zero-order valence-electron chi connectivity index (χ0n) is 19.5. The van der Waals surface area contributed by atoms with Crippen LogP contribution in [-0.4, -0.2) is 25.8 Å². The van der Waals surface area contributed by atoms with Gasteiger partial charge in [-0.1, -0.05) is 62.4 Å². The van der Waals surface area contributed by atoms with Crippen LogP contribution in [-0.2, 0) is 16.7 Å². The smallest absolute Gasteiger partial charge is 0.339 e. The second-order valence-electron chi connectivity index (χ2n) is 8.75. The number of carbonyl (C=O) groups is 1. The average molecular weight is 492 g/mol. The molecular formula is C28H26FNO4S. The van der Waals surface area contributed by atoms with Crippen molar-refractivity contribution in [2.24, 2.45) is 5.92 Å². The van der Waals surface area contributed by atoms with Gasteiger partial charge in [-0.2, -0.15) is 8.42 Å². The van der Waals surface area contributed by atoms with Crippen LogP contribution in [0.15, 0.2) is 95.9 Å². The van der Waals surface area contributed by atoms with Gasteiger partial charge in [-0.25, -0.2) is 4.39 Å². The highest BCUT2D eigenvalue weighted by atomic mass is 32.2. The minimum Gasteiger partial charge on any atom is -0.379 e. The van der Waals surface area contributed by atoms with Gasteiger partial charge in [0.15, 0.2) is 0 Å². The molecule has 0 spiro atoms. The van der Waals surface area contributed by atoms with E-state index in [1.807, 2.05) is 62.4 Å². The van der Waals surface area contributed by atoms with Gasteiger partial charge in [0.05, 0.1) is 0 Å². The first-order valence-electron chi connectivity index (χ1n) is 11.3. The van der Waals surface area contributed by atoms with Crippen molar-refractivity contribution in [2.45, 2.75) is 25.3 Å². The molecule has 4 aromatic carbocycles. The van der Waals surface area contributed by atoms with Crippen molar-refractivity contribution in [3.05, 3.63) is 108 Å². The van der Waals surface area contributed by atoms with Gasteiger partial charge in [-0.05, 0) is 64.7 Å². The molecule has 0 aromatic heterocycles. The number of nitrogens with zero attached hydrogens (tertiary/aromatic N) is 1. The topological polar surface area (TPSA) is 63.7 Å². The minimum atomic E-state index is -4.13. The molecule has 0 unspecified atom stereocenters. The lowest BCUT2D eigenvalue weighted by atomic mass is 10.0. The molecule has 5 nitrogen and oxygen atoms in total. The molecule has 7 heteroatoms. The molecule has 0 aliphatic rings. The van der Waals surface area contributed by atoms with Gasteiger partial charge in [-0.3, -0.25) is 4.79 Å². The summed E-state index contributed by atoms with van der Waals surface area (Å²) in [5.74, 6) is -0.283. The molecule has 35 heavy (non-hydrogen) atoms. The van der Waals surface area contributed by atoms with E-state index in [2.05, 4.69) is 0 Å². The van der Waals surface area contributed by atoms with Crippen LogP contribution in [0.5, 0.6) is 5.75 Å². The fourth-order valence-corrected chi connectivity index (χ4v) is 4.86. The molecule has 180 valence electrons. The Hall–Kier alpha value is -3.71. The molecule has 0 saturated heterocycles. The Morgan fingerprint density at radius 2 is 1.60 bits per heavy atom. The van der Waals surface area contributed by atoms with E-state index in [1.165, 1.54) is 6.07 Å². The summed E-state index contributed by atoms with van der Waals surface area (Å²) in [7, 11) is -4.13. The normalized spacial score (nSPS) is 11.5. The lowest BCUT2D eigenvalue weighted by Gasteiger charge is -2.25. The lowest BCUT2D eigenvalue weighted by molar-refractivity contribution is 0.0724. The van der Waals surface area contributed by atoms with Crippen molar-refractivity contribution in [1.82, 2.24) is 4.90 Å². The summed E-state index contributed by atoms with van der Waals surface area (Å²) in [6.45, 7) is 4.89. The average Bonchev–Trinajstić information content (AvgIpc) is 2.83. The van der Waals surface area contributed by atoms with E-state index in [9.17, 15) is 17.6 Å². The van der Waals surface area contributed by atoms with Crippen molar-refractivity contribution >= 4 is 26.8 Å². The standard InChI is InChI=1S/C28H26FNO4S/c1-20(2)18-30(28(31)27-12-6-9-22-8-3-4-11-26(22)27)19-21-7-5-10-24(17-21)34-35(32,33)25-15-13-23(29)14-16-25/h3-17,20H,18-19H2,1-2H3. The second-order valence-corrected chi connectivity index (χ2v) is 10.3. The van der Waals surface area contributed by atoms with Crippen molar-refractivity contribution in [2.75, 3.05) is 6.54 Å². The van der Waals surface area contributed by atoms with Crippen LogP contribution in [0.2, 0.25) is 0 Å². The van der Waals surface area contributed by atoms with Crippen LogP contribution in [0, 0.1) is 11.7 Å². The molecule has 0 aliphatic heterocycles. The van der Waals surface area contributed by atoms with Crippen molar-refractivity contribution < 1.29 is 21.8 Å². The molecule has 1 amide bonds. The summed E-state index contributed by atoms with van der Waals surface area (Å²) in [5.41, 5.74) is 1.35. The quantitative estimate of drug-likeness (QED) is 0.282. The Labute approximate surface area is 204 Å². The highest BCUT2D eigenvalue weighted by molar-refractivity contribution is 7.87. The van der Waals surface area contributed by atoms with Gasteiger partial charge in [0.2, 0.25) is 0 Å². The third-order valence-electron chi connectivity index (χ3n) is 5.47. The van der Waals surface area contributed by atoms with Crippen molar-refractivity contribution in [3.8, 4) is 5.75 Å². The molecule has 0 saturated carbocycles. The van der Waals surface area contributed by atoms with Crippen LogP contribution in [0.4, 0.5) is 4.39 Å². The molecule has 0 aliphatic carbocycles. The summed E-state index contributed by atoms with van der Waals surface area (Å²) >= 11 is 0. The highest BCUT2D eigenvalue weighted by Gasteiger charge is 2.21. The van der Waals surface area contributed by atoms with Crippen LogP contribution < -0.4 is 4.18 Å². The molecule has 0 heterocycles. The van der Waals surface area contributed by atoms with Crippen LogP contribution in [0.3, 0.4) is 0 Å². The SMILES string of the molecule is CC(C)CN(Cc1cccc(OS(=O)(=O)c2ccc(F)cc2)c1)C(=O)c1cccc2ccccc12. The molecule has 0 bridgehead atoms. The maximum atomic E-state index is 13.6. The third-order valence-corrected chi connectivity index (χ3v) is 6.73. The van der Waals surface area contributed by atoms with E-state index < -0.39 is 15.9 Å². The lowest BCUT2D eigenvalue weighted by Crippen LogP contribution is -2.33. The van der Waals surface area contributed by atoms with Gasteiger partial charge >= 0.3 is 10.1 Å². The first-order chi connectivity index (χ1) is 16.7. The number of benzene rings is 4. The van der Waals surface area contributed by atoms with E-state index in [0.717, 1.165) is 40.6 Å². The van der Waals surface area contributed by atoms with Crippen molar-refractivity contribution in [1.29, 1.82) is 0 Å². The van der Waals surface area contributed by atoms with Crippen LogP contribution >= 0.6 is 0 Å². The van der Waals surface area contributed by atoms with E-state index in [4.69, 9.17) is 4.18 Å². The monoisotopic (exact) mass is 491 g/mol. The van der Waals surface area contributed by atoms with Gasteiger partial charge < -0.3 is 9.08 Å². The zero-order chi connectivity index (χ0) is 25.0. The van der Waals surface area contributed by atoms with E-state index >= 15 is 0 Å². The summed E-state index contributed by atoms with van der Waals surface area (Å²) in [5, 5.41) is 1.88. The molecule has 0 N–H and O–H groups in total. The van der Waals surface area contributed by atoms with Gasteiger partial charge in [0.1, 0.15) is 16.5 Å². The Morgan fingerprint density at radius 1 is 0.914 bits per heavy atom. The summed E-state index contributed by atoms with van der Waals surface area (Å²) < 4.78 is 43.7. The van der Waals surface area contributed by atoms with E-state index in [0.29, 0.717) is 12.1 Å². The molecular weight excluding hydrogens is 465 g/mol. The summed E-state index contributed by atoms with van der Waals surface area (Å²) in [6.07, 6.45) is 0. The van der Waals surface area contributed by atoms with Gasteiger partial charge in [0.25, 0.3) is 5.91 Å². The first-order valence-corrected chi connectivity index (χ1v) is 12.7. The second kappa shape index (κ2) is 10.3. The maximum Gasteiger partial charge on any atom is 0.339 e. The minimum absolute atomic E-state index is 0.0965. The number of hydrogen-bond donors (Lipinski definition) is 0. The number of hydrogen-bond acceptors (Lipinski definition) is 4. The number of fused-ring (bicyclic) bond motifs is 1. The summed E-state index contributed by atoms with van der Waals surface area (Å²) in [6, 6.07) is 24.5. The number of amides is 1. The van der Waals surface area contributed by atoms with Crippen molar-refractivity contribution in [3.63, 3.8) is 0 Å². The van der Waals surface area contributed by atoms with E-state index in [-0.39, 0.29) is 29.0 Å². The molecule has 0 radical (unpaired) electrons. The molecule has 4 aromatic rings. The fraction of sp³-hybridized carbons (Fsp3) is 0.179. The Morgan fingerprint density at radius 3 is 2.34 bits per heavy atom. The summed E-state index contributed by atoms with van der Waals surface area (Å²) in [4.78, 5) is 15.2. The maximum absolute atomic E-state index is 13.6. The molecule has 4 rings (SSSR count). The molecule has 0 fully saturated rings. The van der Waals surface area contributed by atoms with E-state index in [1.54, 1.807) is 17.0 Å². The predicted molar refractivity (Wildman–Crippen MR) is 134 cm³/mol. The molecule has 0 atom stereocenters. The first kappa shape index (κ1) is 24.4. The number of halogens is 1. The number of carbonyl (C=O) groups excluding carboxylic acids is 1. The highest BCUT2D eigenvalue weighted by Crippen LogP contribution is 2.24. The van der Waals surface area contributed by atoms with Gasteiger partial charge in [0, 0.05) is 18.7 Å². The largest absolute Gasteiger partial charge is 0.379 e. The van der Waals surface area contributed by atoms with Crippen LogP contribution in [0.1, 0.15) is 29.8 Å². The Balaban J connectivity index is 1.59. The predicted octanol–water partition coefficient (Wildman–Crippen LogP) is 6.05. The zero-order valence-corrected chi connectivity index (χ0v) is 20.3. The van der Waals surface area contributed by atoms with Gasteiger partial charge in [-0.15, -0.1) is 0 Å².